The van der Waals surface area contributed by atoms with Gasteiger partial charge in [-0.05, 0) is 25.2 Å². The van der Waals surface area contributed by atoms with Crippen molar-refractivity contribution in [2.75, 3.05) is 7.11 Å². The van der Waals surface area contributed by atoms with E-state index in [2.05, 4.69) is 16.5 Å². The highest BCUT2D eigenvalue weighted by atomic mass is 16.5. The molecule has 2 rings (SSSR count). The molecule has 0 amide bonds. The molecule has 3 atom stereocenters. The summed E-state index contributed by atoms with van der Waals surface area (Å²) in [5.74, 6) is 1.82. The van der Waals surface area contributed by atoms with Crippen LogP contribution in [0.1, 0.15) is 44.9 Å². The second-order valence-corrected chi connectivity index (χ2v) is 6.07. The molecule has 4 heteroatoms. The standard InChI is InChI=1S/C15H27N3O/c1-12-5-4-8-15(11-12,19-3)13(16)6-7-14-17-9-10-18(14)2/h9-10,12-13H,4-8,11,16H2,1-3H3. The molecule has 4 nitrogen and oxygen atoms in total. The van der Waals surface area contributed by atoms with E-state index in [4.69, 9.17) is 10.5 Å². The van der Waals surface area contributed by atoms with Gasteiger partial charge in [0.15, 0.2) is 0 Å². The number of hydrogen-bond acceptors (Lipinski definition) is 3. The van der Waals surface area contributed by atoms with Gasteiger partial charge < -0.3 is 15.0 Å². The topological polar surface area (TPSA) is 53.1 Å². The van der Waals surface area contributed by atoms with Crippen molar-refractivity contribution >= 4 is 0 Å². The van der Waals surface area contributed by atoms with Crippen molar-refractivity contribution in [2.45, 2.75) is 57.1 Å². The fraction of sp³-hybridized carbons (Fsp3) is 0.800. The van der Waals surface area contributed by atoms with Gasteiger partial charge in [0.05, 0.1) is 5.60 Å². The molecule has 1 saturated carbocycles. The molecule has 1 heterocycles. The van der Waals surface area contributed by atoms with Crippen molar-refractivity contribution in [3.63, 3.8) is 0 Å². The molecule has 0 bridgehead atoms. The molecular weight excluding hydrogens is 238 g/mol. The number of imidazole rings is 1. The third kappa shape index (κ3) is 3.18. The molecule has 108 valence electrons. The summed E-state index contributed by atoms with van der Waals surface area (Å²) in [5, 5.41) is 0. The Morgan fingerprint density at radius 3 is 3.00 bits per heavy atom. The first kappa shape index (κ1) is 14.5. The van der Waals surface area contributed by atoms with E-state index < -0.39 is 0 Å². The molecule has 0 spiro atoms. The summed E-state index contributed by atoms with van der Waals surface area (Å²) >= 11 is 0. The number of nitrogens with two attached hydrogens (primary N) is 1. The summed E-state index contributed by atoms with van der Waals surface area (Å²) in [6.07, 6.45) is 10.4. The quantitative estimate of drug-likeness (QED) is 0.888. The number of methoxy groups -OCH3 is 1. The summed E-state index contributed by atoms with van der Waals surface area (Å²) in [7, 11) is 3.85. The molecule has 1 fully saturated rings. The lowest BCUT2D eigenvalue weighted by Crippen LogP contribution is -2.52. The first-order valence-electron chi connectivity index (χ1n) is 7.34. The minimum absolute atomic E-state index is 0.0944. The van der Waals surface area contributed by atoms with Crippen LogP contribution in [0.4, 0.5) is 0 Å². The summed E-state index contributed by atoms with van der Waals surface area (Å²) in [5.41, 5.74) is 6.34. The van der Waals surface area contributed by atoms with Crippen LogP contribution in [-0.4, -0.2) is 28.3 Å². The van der Waals surface area contributed by atoms with Crippen LogP contribution in [-0.2, 0) is 18.2 Å². The van der Waals surface area contributed by atoms with Crippen molar-refractivity contribution in [2.24, 2.45) is 18.7 Å². The Balaban J connectivity index is 1.97. The average Bonchev–Trinajstić information content (AvgIpc) is 2.81. The summed E-state index contributed by atoms with van der Waals surface area (Å²) in [4.78, 5) is 4.36. The van der Waals surface area contributed by atoms with E-state index in [0.29, 0.717) is 5.92 Å². The van der Waals surface area contributed by atoms with E-state index in [-0.39, 0.29) is 11.6 Å². The number of aromatic nitrogens is 2. The Hall–Kier alpha value is -0.870. The van der Waals surface area contributed by atoms with Crippen LogP contribution in [0, 0.1) is 5.92 Å². The fourth-order valence-corrected chi connectivity index (χ4v) is 3.40. The van der Waals surface area contributed by atoms with E-state index >= 15 is 0 Å². The molecule has 1 aliphatic rings. The first-order chi connectivity index (χ1) is 9.07. The number of nitrogens with zero attached hydrogens (tertiary/aromatic N) is 2. The van der Waals surface area contributed by atoms with Gasteiger partial charge in [-0.15, -0.1) is 0 Å². The molecular formula is C15H27N3O. The van der Waals surface area contributed by atoms with Gasteiger partial charge in [0, 0.05) is 39.0 Å². The van der Waals surface area contributed by atoms with Gasteiger partial charge in [-0.25, -0.2) is 4.98 Å². The lowest BCUT2D eigenvalue weighted by molar-refractivity contribution is -0.0722. The second kappa shape index (κ2) is 6.06. The van der Waals surface area contributed by atoms with E-state index in [1.54, 1.807) is 0 Å². The first-order valence-corrected chi connectivity index (χ1v) is 7.34. The van der Waals surface area contributed by atoms with Gasteiger partial charge in [-0.2, -0.15) is 0 Å². The maximum absolute atomic E-state index is 6.46. The minimum Gasteiger partial charge on any atom is -0.377 e. The van der Waals surface area contributed by atoms with Crippen LogP contribution in [0.5, 0.6) is 0 Å². The smallest absolute Gasteiger partial charge is 0.108 e. The highest BCUT2D eigenvalue weighted by Gasteiger charge is 2.40. The third-order valence-electron chi connectivity index (χ3n) is 4.67. The zero-order valence-corrected chi connectivity index (χ0v) is 12.4. The maximum Gasteiger partial charge on any atom is 0.108 e. The predicted octanol–water partition coefficient (Wildman–Crippen LogP) is 2.28. The average molecular weight is 265 g/mol. The monoisotopic (exact) mass is 265 g/mol. The van der Waals surface area contributed by atoms with Gasteiger partial charge in [0.1, 0.15) is 5.82 Å². The Morgan fingerprint density at radius 2 is 2.42 bits per heavy atom. The van der Waals surface area contributed by atoms with Crippen LogP contribution >= 0.6 is 0 Å². The molecule has 0 radical (unpaired) electrons. The second-order valence-electron chi connectivity index (χ2n) is 6.07. The van der Waals surface area contributed by atoms with Crippen molar-refractivity contribution in [1.29, 1.82) is 0 Å². The predicted molar refractivity (Wildman–Crippen MR) is 76.9 cm³/mol. The Morgan fingerprint density at radius 1 is 1.63 bits per heavy atom. The molecule has 3 unspecified atom stereocenters. The highest BCUT2D eigenvalue weighted by molar-refractivity contribution is 4.98. The highest BCUT2D eigenvalue weighted by Crippen LogP contribution is 2.37. The summed E-state index contributed by atoms with van der Waals surface area (Å²) < 4.78 is 7.92. The van der Waals surface area contributed by atoms with Crippen LogP contribution < -0.4 is 5.73 Å². The molecule has 19 heavy (non-hydrogen) atoms. The molecule has 2 N–H and O–H groups in total. The lowest BCUT2D eigenvalue weighted by Gasteiger charge is -2.43. The SMILES string of the molecule is COC1(C(N)CCc2nccn2C)CCCC(C)C1. The molecule has 0 aromatic carbocycles. The van der Waals surface area contributed by atoms with Crippen molar-refractivity contribution in [1.82, 2.24) is 9.55 Å². The van der Waals surface area contributed by atoms with Crippen molar-refractivity contribution in [3.05, 3.63) is 18.2 Å². The van der Waals surface area contributed by atoms with Crippen LogP contribution in [0.15, 0.2) is 12.4 Å². The molecule has 1 aliphatic carbocycles. The third-order valence-corrected chi connectivity index (χ3v) is 4.67. The Bertz CT molecular complexity index is 404. The van der Waals surface area contributed by atoms with Crippen LogP contribution in [0.3, 0.4) is 0 Å². The van der Waals surface area contributed by atoms with Gasteiger partial charge in [-0.1, -0.05) is 19.8 Å². The largest absolute Gasteiger partial charge is 0.377 e. The minimum atomic E-state index is -0.122. The van der Waals surface area contributed by atoms with Gasteiger partial charge in [0.25, 0.3) is 0 Å². The van der Waals surface area contributed by atoms with Crippen molar-refractivity contribution < 1.29 is 4.74 Å². The summed E-state index contributed by atoms with van der Waals surface area (Å²) in [6.45, 7) is 2.30. The fourth-order valence-electron chi connectivity index (χ4n) is 3.40. The van der Waals surface area contributed by atoms with Gasteiger partial charge in [0.2, 0.25) is 0 Å². The zero-order valence-electron chi connectivity index (χ0n) is 12.4. The zero-order chi connectivity index (χ0) is 13.9. The van der Waals surface area contributed by atoms with Gasteiger partial charge in [-0.3, -0.25) is 0 Å². The number of hydrogen-bond donors (Lipinski definition) is 1. The van der Waals surface area contributed by atoms with Crippen LogP contribution in [0.25, 0.3) is 0 Å². The molecule has 0 aliphatic heterocycles. The van der Waals surface area contributed by atoms with Crippen LogP contribution in [0.2, 0.25) is 0 Å². The van der Waals surface area contributed by atoms with E-state index in [0.717, 1.165) is 31.5 Å². The van der Waals surface area contributed by atoms with E-state index in [1.165, 1.54) is 12.8 Å². The van der Waals surface area contributed by atoms with E-state index in [9.17, 15) is 0 Å². The number of ether oxygens (including phenoxy) is 1. The maximum atomic E-state index is 6.46. The molecule has 1 aromatic heterocycles. The molecule has 0 saturated heterocycles. The Labute approximate surface area is 116 Å². The van der Waals surface area contributed by atoms with Gasteiger partial charge >= 0.3 is 0 Å². The normalized spacial score (nSPS) is 29.4. The van der Waals surface area contributed by atoms with Crippen molar-refractivity contribution in [3.8, 4) is 0 Å². The number of aryl methyl sites for hydroxylation is 2. The Kier molecular flexibility index (Phi) is 4.63. The van der Waals surface area contributed by atoms with E-state index in [1.807, 2.05) is 26.6 Å². The number of rotatable bonds is 5. The lowest BCUT2D eigenvalue weighted by atomic mass is 9.73. The summed E-state index contributed by atoms with van der Waals surface area (Å²) in [6, 6.07) is 0.0944. The molecule has 1 aromatic rings.